The molecule has 0 fully saturated rings. The average molecular weight is 240 g/mol. The molecule has 0 amide bonds. The summed E-state index contributed by atoms with van der Waals surface area (Å²) in [6.45, 7) is 2.98. The van der Waals surface area contributed by atoms with Crippen molar-refractivity contribution in [1.29, 1.82) is 0 Å². The van der Waals surface area contributed by atoms with E-state index in [-0.39, 0.29) is 0 Å². The molecule has 1 aromatic heterocycles. The molecule has 2 atom stereocenters. The minimum Gasteiger partial charge on any atom is -0.384 e. The molecule has 90 valence electrons. The highest BCUT2D eigenvalue weighted by Gasteiger charge is 2.24. The first-order chi connectivity index (χ1) is 7.76. The van der Waals surface area contributed by atoms with Crippen LogP contribution >= 0.6 is 11.3 Å². The maximum absolute atomic E-state index is 5.22. The van der Waals surface area contributed by atoms with E-state index in [1.54, 1.807) is 7.11 Å². The van der Waals surface area contributed by atoms with Gasteiger partial charge in [0.1, 0.15) is 5.01 Å². The van der Waals surface area contributed by atoms with Gasteiger partial charge in [-0.15, -0.1) is 11.3 Å². The van der Waals surface area contributed by atoms with E-state index in [1.807, 2.05) is 18.4 Å². The lowest BCUT2D eigenvalue weighted by atomic mass is 10.0. The van der Waals surface area contributed by atoms with Crippen LogP contribution in [0.2, 0.25) is 0 Å². The van der Waals surface area contributed by atoms with Gasteiger partial charge in [0.05, 0.1) is 18.3 Å². The van der Waals surface area contributed by atoms with Gasteiger partial charge in [-0.3, -0.25) is 0 Å². The van der Waals surface area contributed by atoms with Crippen molar-refractivity contribution >= 4 is 11.3 Å². The van der Waals surface area contributed by atoms with E-state index in [9.17, 15) is 0 Å². The van der Waals surface area contributed by atoms with Crippen molar-refractivity contribution in [2.75, 3.05) is 20.8 Å². The van der Waals surface area contributed by atoms with Crippen molar-refractivity contribution < 1.29 is 4.74 Å². The summed E-state index contributed by atoms with van der Waals surface area (Å²) in [5.74, 6) is 0.460. The predicted molar refractivity (Wildman–Crippen MR) is 67.0 cm³/mol. The van der Waals surface area contributed by atoms with E-state index in [2.05, 4.69) is 12.2 Å². The summed E-state index contributed by atoms with van der Waals surface area (Å²) in [7, 11) is 3.76. The summed E-state index contributed by atoms with van der Waals surface area (Å²) in [5.41, 5.74) is 1.34. The second-order valence-electron chi connectivity index (χ2n) is 4.47. The Hall–Kier alpha value is -0.450. The highest BCUT2D eigenvalue weighted by atomic mass is 32.1. The van der Waals surface area contributed by atoms with Gasteiger partial charge in [-0.2, -0.15) is 0 Å². The van der Waals surface area contributed by atoms with Gasteiger partial charge in [-0.1, -0.05) is 6.92 Å². The van der Waals surface area contributed by atoms with Crippen LogP contribution in [0.25, 0.3) is 0 Å². The van der Waals surface area contributed by atoms with Crippen molar-refractivity contribution in [2.45, 2.75) is 32.2 Å². The zero-order valence-corrected chi connectivity index (χ0v) is 11.1. The normalized spacial score (nSPS) is 18.4. The smallest absolute Gasteiger partial charge is 0.110 e. The SMILES string of the molecule is CNC(c1nc2c(s1)CCC2)C(C)COC. The zero-order chi connectivity index (χ0) is 11.5. The molecule has 0 saturated heterocycles. The molecule has 4 heteroatoms. The first-order valence-electron chi connectivity index (χ1n) is 5.91. The second kappa shape index (κ2) is 5.25. The topological polar surface area (TPSA) is 34.2 Å². The van der Waals surface area contributed by atoms with Gasteiger partial charge in [-0.25, -0.2) is 4.98 Å². The van der Waals surface area contributed by atoms with Crippen molar-refractivity contribution in [2.24, 2.45) is 5.92 Å². The van der Waals surface area contributed by atoms with Crippen LogP contribution < -0.4 is 5.32 Å². The molecule has 0 saturated carbocycles. The quantitative estimate of drug-likeness (QED) is 0.856. The minimum absolute atomic E-state index is 0.329. The molecule has 0 spiro atoms. The van der Waals surface area contributed by atoms with E-state index in [0.29, 0.717) is 12.0 Å². The molecule has 3 nitrogen and oxygen atoms in total. The van der Waals surface area contributed by atoms with Crippen LogP contribution in [0.1, 0.15) is 35.0 Å². The van der Waals surface area contributed by atoms with Crippen LogP contribution in [0.4, 0.5) is 0 Å². The highest BCUT2D eigenvalue weighted by Crippen LogP contribution is 2.33. The zero-order valence-electron chi connectivity index (χ0n) is 10.2. The van der Waals surface area contributed by atoms with Crippen molar-refractivity contribution in [3.63, 3.8) is 0 Å². The lowest BCUT2D eigenvalue weighted by molar-refractivity contribution is 0.141. The maximum Gasteiger partial charge on any atom is 0.110 e. The maximum atomic E-state index is 5.22. The Kier molecular flexibility index (Phi) is 3.95. The van der Waals surface area contributed by atoms with Crippen LogP contribution in [-0.2, 0) is 17.6 Å². The fourth-order valence-electron chi connectivity index (χ4n) is 2.35. The third-order valence-electron chi connectivity index (χ3n) is 3.19. The number of aromatic nitrogens is 1. The van der Waals surface area contributed by atoms with Crippen LogP contribution in [0.3, 0.4) is 0 Å². The van der Waals surface area contributed by atoms with Crippen LogP contribution in [0, 0.1) is 5.92 Å². The van der Waals surface area contributed by atoms with E-state index in [1.165, 1.54) is 34.8 Å². The first kappa shape index (κ1) is 12.0. The van der Waals surface area contributed by atoms with Crippen molar-refractivity contribution in [1.82, 2.24) is 10.3 Å². The highest BCUT2D eigenvalue weighted by molar-refractivity contribution is 7.11. The number of fused-ring (bicyclic) bond motifs is 1. The average Bonchev–Trinajstić information content (AvgIpc) is 2.79. The number of methoxy groups -OCH3 is 1. The molecule has 16 heavy (non-hydrogen) atoms. The molecule has 0 radical (unpaired) electrons. The Balaban J connectivity index is 2.13. The lowest BCUT2D eigenvalue weighted by Gasteiger charge is -2.20. The van der Waals surface area contributed by atoms with Gasteiger partial charge in [0, 0.05) is 17.9 Å². The molecule has 2 rings (SSSR count). The standard InChI is InChI=1S/C12H20N2OS/c1-8(7-15-3)11(13-2)12-14-9-5-4-6-10(9)16-12/h8,11,13H,4-7H2,1-3H3. The van der Waals surface area contributed by atoms with Gasteiger partial charge in [0.15, 0.2) is 0 Å². The third-order valence-corrected chi connectivity index (χ3v) is 4.43. The third kappa shape index (κ3) is 2.29. The molecule has 2 unspecified atom stereocenters. The summed E-state index contributed by atoms with van der Waals surface area (Å²) in [5, 5.41) is 4.59. The summed E-state index contributed by atoms with van der Waals surface area (Å²) in [6, 6.07) is 0.329. The van der Waals surface area contributed by atoms with Crippen LogP contribution in [-0.4, -0.2) is 25.7 Å². The number of nitrogens with zero attached hydrogens (tertiary/aromatic N) is 1. The van der Waals surface area contributed by atoms with Crippen LogP contribution in [0.5, 0.6) is 0 Å². The van der Waals surface area contributed by atoms with Gasteiger partial charge in [-0.05, 0) is 26.3 Å². The Morgan fingerprint density at radius 1 is 1.50 bits per heavy atom. The monoisotopic (exact) mass is 240 g/mol. The summed E-state index contributed by atoms with van der Waals surface area (Å²) >= 11 is 1.88. The number of hydrogen-bond donors (Lipinski definition) is 1. The number of nitrogens with one attached hydrogen (secondary N) is 1. The fraction of sp³-hybridized carbons (Fsp3) is 0.750. The summed E-state index contributed by atoms with van der Waals surface area (Å²) < 4.78 is 5.22. The van der Waals surface area contributed by atoms with E-state index in [4.69, 9.17) is 9.72 Å². The summed E-state index contributed by atoms with van der Waals surface area (Å²) in [6.07, 6.45) is 3.68. The number of aryl methyl sites for hydroxylation is 2. The summed E-state index contributed by atoms with van der Waals surface area (Å²) in [4.78, 5) is 6.27. The molecule has 0 aliphatic heterocycles. The molecular formula is C12H20N2OS. The van der Waals surface area contributed by atoms with E-state index in [0.717, 1.165) is 6.61 Å². The van der Waals surface area contributed by atoms with E-state index >= 15 is 0 Å². The molecule has 1 heterocycles. The predicted octanol–water partition coefficient (Wildman–Crippen LogP) is 2.17. The largest absolute Gasteiger partial charge is 0.384 e. The molecule has 1 aromatic rings. The molecule has 0 aromatic carbocycles. The number of hydrogen-bond acceptors (Lipinski definition) is 4. The van der Waals surface area contributed by atoms with Gasteiger partial charge in [0.2, 0.25) is 0 Å². The lowest BCUT2D eigenvalue weighted by Crippen LogP contribution is -2.26. The number of rotatable bonds is 5. The first-order valence-corrected chi connectivity index (χ1v) is 6.72. The Bertz CT molecular complexity index is 329. The Labute approximate surface area is 101 Å². The van der Waals surface area contributed by atoms with Crippen molar-refractivity contribution in [3.8, 4) is 0 Å². The number of thiazole rings is 1. The molecule has 1 N–H and O–H groups in total. The Morgan fingerprint density at radius 2 is 2.31 bits per heavy atom. The fourth-order valence-corrected chi connectivity index (χ4v) is 3.75. The van der Waals surface area contributed by atoms with Gasteiger partial charge >= 0.3 is 0 Å². The Morgan fingerprint density at radius 3 is 2.94 bits per heavy atom. The molecule has 1 aliphatic carbocycles. The van der Waals surface area contributed by atoms with Gasteiger partial charge in [0.25, 0.3) is 0 Å². The molecule has 0 bridgehead atoms. The second-order valence-corrected chi connectivity index (χ2v) is 5.59. The minimum atomic E-state index is 0.329. The van der Waals surface area contributed by atoms with E-state index < -0.39 is 0 Å². The van der Waals surface area contributed by atoms with Crippen LogP contribution in [0.15, 0.2) is 0 Å². The molecular weight excluding hydrogens is 220 g/mol. The van der Waals surface area contributed by atoms with Gasteiger partial charge < -0.3 is 10.1 Å². The van der Waals surface area contributed by atoms with Crippen molar-refractivity contribution in [3.05, 3.63) is 15.6 Å². The molecule has 1 aliphatic rings. The number of ether oxygens (including phenoxy) is 1.